The van der Waals surface area contributed by atoms with Crippen LogP contribution in [0.4, 0.5) is 0 Å². The van der Waals surface area contributed by atoms with Gasteiger partial charge in [0.2, 0.25) is 0 Å². The van der Waals surface area contributed by atoms with Crippen LogP contribution in [0.25, 0.3) is 0 Å². The summed E-state index contributed by atoms with van der Waals surface area (Å²) in [7, 11) is 0. The molecule has 0 amide bonds. The highest BCUT2D eigenvalue weighted by Gasteiger charge is 2.03. The Morgan fingerprint density at radius 1 is 1.43 bits per heavy atom. The van der Waals surface area contributed by atoms with E-state index in [0.717, 1.165) is 6.42 Å². The highest BCUT2D eigenvalue weighted by molar-refractivity contribution is 6.20. The smallest absolute Gasteiger partial charge is 0.0356 e. The molecule has 0 spiro atoms. The van der Waals surface area contributed by atoms with Gasteiger partial charge >= 0.3 is 0 Å². The van der Waals surface area contributed by atoms with Gasteiger partial charge in [0.05, 0.1) is 0 Å². The lowest BCUT2D eigenvalue weighted by atomic mass is 10.1. The summed E-state index contributed by atoms with van der Waals surface area (Å²) in [5.74, 6) is 0.631. The third kappa shape index (κ3) is 2.93. The van der Waals surface area contributed by atoms with Crippen LogP contribution < -0.4 is 0 Å². The van der Waals surface area contributed by atoms with Crippen LogP contribution in [0, 0.1) is 5.92 Å². The second-order valence-electron chi connectivity index (χ2n) is 2.17. The molecule has 0 aliphatic carbocycles. The molecule has 0 radical (unpaired) electrons. The SMILES string of the molecule is CCC(Cl)C(C)C. The normalized spacial score (nSPS) is 15.0. The summed E-state index contributed by atoms with van der Waals surface area (Å²) < 4.78 is 0. The zero-order chi connectivity index (χ0) is 5.86. The van der Waals surface area contributed by atoms with E-state index in [-0.39, 0.29) is 0 Å². The van der Waals surface area contributed by atoms with Crippen LogP contribution in [-0.2, 0) is 0 Å². The third-order valence-corrected chi connectivity index (χ3v) is 1.93. The molecule has 1 heteroatoms. The molecule has 44 valence electrons. The van der Waals surface area contributed by atoms with Crippen molar-refractivity contribution in [2.45, 2.75) is 32.6 Å². The predicted molar refractivity (Wildman–Crippen MR) is 34.8 cm³/mol. The highest BCUT2D eigenvalue weighted by atomic mass is 35.5. The molecule has 0 bridgehead atoms. The molecule has 0 nitrogen and oxygen atoms in total. The van der Waals surface area contributed by atoms with E-state index in [2.05, 4.69) is 20.8 Å². The van der Waals surface area contributed by atoms with Crippen molar-refractivity contribution >= 4 is 11.6 Å². The van der Waals surface area contributed by atoms with Crippen LogP contribution >= 0.6 is 11.6 Å². The highest BCUT2D eigenvalue weighted by Crippen LogP contribution is 2.11. The standard InChI is InChI=1S/C6H13Cl/c1-4-6(7)5(2)3/h5-6H,4H2,1-3H3. The molecule has 7 heavy (non-hydrogen) atoms. The number of hydrogen-bond acceptors (Lipinski definition) is 0. The molecule has 1 unspecified atom stereocenters. The lowest BCUT2D eigenvalue weighted by Gasteiger charge is -2.07. The Morgan fingerprint density at radius 3 is 1.86 bits per heavy atom. The van der Waals surface area contributed by atoms with Gasteiger partial charge < -0.3 is 0 Å². The van der Waals surface area contributed by atoms with Gasteiger partial charge in [0.1, 0.15) is 0 Å². The molecular formula is C6H13Cl. The molecule has 0 aromatic rings. The quantitative estimate of drug-likeness (QED) is 0.492. The zero-order valence-electron chi connectivity index (χ0n) is 5.24. The van der Waals surface area contributed by atoms with Gasteiger partial charge in [-0.25, -0.2) is 0 Å². The summed E-state index contributed by atoms with van der Waals surface area (Å²) in [6.45, 7) is 6.39. The van der Waals surface area contributed by atoms with E-state index < -0.39 is 0 Å². The lowest BCUT2D eigenvalue weighted by Crippen LogP contribution is -2.04. The van der Waals surface area contributed by atoms with E-state index in [9.17, 15) is 0 Å². The molecule has 0 aromatic heterocycles. The van der Waals surface area contributed by atoms with Crippen LogP contribution in [0.5, 0.6) is 0 Å². The van der Waals surface area contributed by atoms with E-state index in [1.165, 1.54) is 0 Å². The Kier molecular flexibility index (Phi) is 3.45. The Bertz CT molecular complexity index is 41.4. The van der Waals surface area contributed by atoms with Gasteiger partial charge in [-0.3, -0.25) is 0 Å². The first-order chi connectivity index (χ1) is 3.18. The second kappa shape index (κ2) is 3.31. The van der Waals surface area contributed by atoms with Gasteiger partial charge in [-0.2, -0.15) is 0 Å². The third-order valence-electron chi connectivity index (χ3n) is 1.11. The maximum Gasteiger partial charge on any atom is 0.0356 e. The fourth-order valence-electron chi connectivity index (χ4n) is 0.471. The van der Waals surface area contributed by atoms with E-state index in [1.807, 2.05) is 0 Å². The number of halogens is 1. The summed E-state index contributed by atoms with van der Waals surface area (Å²) in [4.78, 5) is 0. The average Bonchev–Trinajstić information content (AvgIpc) is 1.65. The molecule has 0 aliphatic rings. The van der Waals surface area contributed by atoms with Crippen LogP contribution in [0.15, 0.2) is 0 Å². The van der Waals surface area contributed by atoms with Crippen molar-refractivity contribution in [2.24, 2.45) is 5.92 Å². The van der Waals surface area contributed by atoms with Crippen molar-refractivity contribution in [3.05, 3.63) is 0 Å². The second-order valence-corrected chi connectivity index (χ2v) is 2.73. The van der Waals surface area contributed by atoms with Crippen LogP contribution in [0.3, 0.4) is 0 Å². The van der Waals surface area contributed by atoms with E-state index in [4.69, 9.17) is 11.6 Å². The first-order valence-electron chi connectivity index (χ1n) is 2.82. The molecule has 0 saturated carbocycles. The van der Waals surface area contributed by atoms with Gasteiger partial charge in [0, 0.05) is 5.38 Å². The van der Waals surface area contributed by atoms with Crippen LogP contribution in [-0.4, -0.2) is 5.38 Å². The predicted octanol–water partition coefficient (Wildman–Crippen LogP) is 2.66. The minimum atomic E-state index is 0.375. The number of hydrogen-bond donors (Lipinski definition) is 0. The summed E-state index contributed by atoms with van der Waals surface area (Å²) in [5.41, 5.74) is 0. The molecule has 0 aromatic carbocycles. The minimum Gasteiger partial charge on any atom is -0.123 e. The Hall–Kier alpha value is 0.290. The van der Waals surface area contributed by atoms with Crippen molar-refractivity contribution in [3.8, 4) is 0 Å². The summed E-state index contributed by atoms with van der Waals surface area (Å²) >= 11 is 5.80. The molecule has 0 rings (SSSR count). The van der Waals surface area contributed by atoms with Crippen molar-refractivity contribution in [3.63, 3.8) is 0 Å². The molecule has 1 atom stereocenters. The fraction of sp³-hybridized carbons (Fsp3) is 1.00. The molecule has 0 saturated heterocycles. The first-order valence-corrected chi connectivity index (χ1v) is 3.26. The maximum absolute atomic E-state index is 5.80. The average molecular weight is 121 g/mol. The molecule has 0 aliphatic heterocycles. The van der Waals surface area contributed by atoms with Crippen LogP contribution in [0.1, 0.15) is 27.2 Å². The van der Waals surface area contributed by atoms with Crippen LogP contribution in [0.2, 0.25) is 0 Å². The van der Waals surface area contributed by atoms with Gasteiger partial charge in [0.15, 0.2) is 0 Å². The van der Waals surface area contributed by atoms with Gasteiger partial charge in [-0.05, 0) is 12.3 Å². The summed E-state index contributed by atoms with van der Waals surface area (Å²) in [6, 6.07) is 0. The van der Waals surface area contributed by atoms with Crippen molar-refractivity contribution in [2.75, 3.05) is 0 Å². The monoisotopic (exact) mass is 120 g/mol. The topological polar surface area (TPSA) is 0 Å². The summed E-state index contributed by atoms with van der Waals surface area (Å²) in [5, 5.41) is 0.375. The van der Waals surface area contributed by atoms with Gasteiger partial charge in [-0.1, -0.05) is 20.8 Å². The zero-order valence-corrected chi connectivity index (χ0v) is 6.00. The summed E-state index contributed by atoms with van der Waals surface area (Å²) in [6.07, 6.45) is 1.08. The maximum atomic E-state index is 5.80. The van der Waals surface area contributed by atoms with Gasteiger partial charge in [0.25, 0.3) is 0 Å². The van der Waals surface area contributed by atoms with Crippen molar-refractivity contribution in [1.29, 1.82) is 0 Å². The first kappa shape index (κ1) is 7.29. The molecule has 0 heterocycles. The van der Waals surface area contributed by atoms with Gasteiger partial charge in [-0.15, -0.1) is 11.6 Å². The minimum absolute atomic E-state index is 0.375. The van der Waals surface area contributed by atoms with E-state index >= 15 is 0 Å². The molecule has 0 fully saturated rings. The molecular weight excluding hydrogens is 108 g/mol. The number of rotatable bonds is 2. The Morgan fingerprint density at radius 2 is 1.86 bits per heavy atom. The van der Waals surface area contributed by atoms with E-state index in [0.29, 0.717) is 11.3 Å². The van der Waals surface area contributed by atoms with Crippen molar-refractivity contribution in [1.82, 2.24) is 0 Å². The van der Waals surface area contributed by atoms with E-state index in [1.54, 1.807) is 0 Å². The lowest BCUT2D eigenvalue weighted by molar-refractivity contribution is 0.586. The number of alkyl halides is 1. The fourth-order valence-corrected chi connectivity index (χ4v) is 0.471. The largest absolute Gasteiger partial charge is 0.123 e. The van der Waals surface area contributed by atoms with Crippen molar-refractivity contribution < 1.29 is 0 Å². The molecule has 0 N–H and O–H groups in total. The Labute approximate surface area is 50.9 Å². The Balaban J connectivity index is 3.14.